The molecule has 1 N–H and O–H groups in total. The Bertz CT molecular complexity index is 596. The van der Waals surface area contributed by atoms with Crippen LogP contribution in [0.5, 0.6) is 0 Å². The molecule has 0 bridgehead atoms. The van der Waals surface area contributed by atoms with E-state index in [2.05, 4.69) is 24.4 Å². The lowest BCUT2D eigenvalue weighted by Gasteiger charge is -2.36. The number of aryl methyl sites for hydroxylation is 1. The molecule has 116 valence electrons. The third-order valence-electron chi connectivity index (χ3n) is 3.72. The van der Waals surface area contributed by atoms with E-state index < -0.39 is 15.6 Å². The molecular formula is C15H22N2O3S. The number of hydrogen-bond donors (Lipinski definition) is 1. The summed E-state index contributed by atoms with van der Waals surface area (Å²) < 4.78 is 22.7. The Balaban J connectivity index is 2.19. The van der Waals surface area contributed by atoms with E-state index in [0.29, 0.717) is 19.6 Å². The van der Waals surface area contributed by atoms with Crippen LogP contribution in [0, 0.1) is 0 Å². The van der Waals surface area contributed by atoms with Crippen LogP contribution in [-0.2, 0) is 21.1 Å². The van der Waals surface area contributed by atoms with Gasteiger partial charge in [0.05, 0.1) is 6.04 Å². The smallest absolute Gasteiger partial charge is 0.238 e. The number of nitrogens with zero attached hydrogens (tertiary/aromatic N) is 1. The van der Waals surface area contributed by atoms with E-state index in [9.17, 15) is 13.2 Å². The topological polar surface area (TPSA) is 66.5 Å². The lowest BCUT2D eigenvalue weighted by molar-refractivity contribution is -0.131. The minimum atomic E-state index is -3.30. The molecule has 6 heteroatoms. The molecule has 1 aliphatic rings. The molecule has 1 aliphatic heterocycles. The second-order valence-electron chi connectivity index (χ2n) is 5.47. The first kappa shape index (κ1) is 16.0. The van der Waals surface area contributed by atoms with Crippen LogP contribution in [0.2, 0.25) is 0 Å². The fraction of sp³-hybridized carbons (Fsp3) is 0.533. The van der Waals surface area contributed by atoms with E-state index in [-0.39, 0.29) is 11.9 Å². The van der Waals surface area contributed by atoms with Gasteiger partial charge in [-0.1, -0.05) is 31.2 Å². The SMILES string of the molecule is CCc1ccc(C2CNCCN2C(=O)CS(C)(=O)=O)cc1. The monoisotopic (exact) mass is 310 g/mol. The minimum absolute atomic E-state index is 0.0982. The van der Waals surface area contributed by atoms with Crippen molar-refractivity contribution in [2.45, 2.75) is 19.4 Å². The first-order valence-electron chi connectivity index (χ1n) is 7.17. The summed E-state index contributed by atoms with van der Waals surface area (Å²) >= 11 is 0. The first-order chi connectivity index (χ1) is 9.90. The van der Waals surface area contributed by atoms with Gasteiger partial charge in [0.15, 0.2) is 9.84 Å². The average molecular weight is 310 g/mol. The van der Waals surface area contributed by atoms with Crippen LogP contribution in [0.15, 0.2) is 24.3 Å². The minimum Gasteiger partial charge on any atom is -0.332 e. The summed E-state index contributed by atoms with van der Waals surface area (Å²) in [6.07, 6.45) is 2.07. The van der Waals surface area contributed by atoms with Crippen molar-refractivity contribution in [3.8, 4) is 0 Å². The Morgan fingerprint density at radius 1 is 1.33 bits per heavy atom. The first-order valence-corrected chi connectivity index (χ1v) is 9.23. The molecule has 0 radical (unpaired) electrons. The third kappa shape index (κ3) is 4.28. The summed E-state index contributed by atoms with van der Waals surface area (Å²) in [5, 5.41) is 3.27. The van der Waals surface area contributed by atoms with E-state index in [1.807, 2.05) is 12.1 Å². The van der Waals surface area contributed by atoms with Crippen LogP contribution < -0.4 is 5.32 Å². The Morgan fingerprint density at radius 2 is 2.00 bits per heavy atom. The summed E-state index contributed by atoms with van der Waals surface area (Å²) in [4.78, 5) is 13.9. The highest BCUT2D eigenvalue weighted by atomic mass is 32.2. The van der Waals surface area contributed by atoms with Gasteiger partial charge in [-0.15, -0.1) is 0 Å². The number of carbonyl (C=O) groups is 1. The van der Waals surface area contributed by atoms with Gasteiger partial charge >= 0.3 is 0 Å². The standard InChI is InChI=1S/C15H22N2O3S/c1-3-12-4-6-13(7-5-12)14-10-16-8-9-17(14)15(18)11-21(2,19)20/h4-7,14,16H,3,8-11H2,1-2H3. The average Bonchev–Trinajstić information content (AvgIpc) is 2.45. The predicted molar refractivity (Wildman–Crippen MR) is 82.9 cm³/mol. The fourth-order valence-corrected chi connectivity index (χ4v) is 3.20. The van der Waals surface area contributed by atoms with Crippen molar-refractivity contribution in [2.75, 3.05) is 31.6 Å². The number of benzene rings is 1. The molecule has 1 saturated heterocycles. The van der Waals surface area contributed by atoms with Gasteiger partial charge in [0.2, 0.25) is 5.91 Å². The molecule has 1 aromatic rings. The normalized spacial score (nSPS) is 19.5. The second-order valence-corrected chi connectivity index (χ2v) is 7.61. The third-order valence-corrected chi connectivity index (χ3v) is 4.49. The number of rotatable bonds is 4. The lowest BCUT2D eigenvalue weighted by atomic mass is 10.0. The Hall–Kier alpha value is -1.40. The zero-order chi connectivity index (χ0) is 15.5. The number of amides is 1. The maximum absolute atomic E-state index is 12.2. The molecule has 1 atom stereocenters. The van der Waals surface area contributed by atoms with E-state index in [1.54, 1.807) is 4.90 Å². The molecule has 5 nitrogen and oxygen atoms in total. The van der Waals surface area contributed by atoms with Crippen molar-refractivity contribution in [1.82, 2.24) is 10.2 Å². The quantitative estimate of drug-likeness (QED) is 0.892. The Labute approximate surface area is 126 Å². The Morgan fingerprint density at radius 3 is 2.57 bits per heavy atom. The maximum atomic E-state index is 12.2. The summed E-state index contributed by atoms with van der Waals surface area (Å²) in [6, 6.07) is 8.07. The Kier molecular flexibility index (Phi) is 5.00. The molecular weight excluding hydrogens is 288 g/mol. The summed E-state index contributed by atoms with van der Waals surface area (Å²) in [7, 11) is -3.30. The number of hydrogen-bond acceptors (Lipinski definition) is 4. The molecule has 21 heavy (non-hydrogen) atoms. The van der Waals surface area contributed by atoms with Gasteiger partial charge in [0, 0.05) is 25.9 Å². The highest BCUT2D eigenvalue weighted by Gasteiger charge is 2.29. The highest BCUT2D eigenvalue weighted by Crippen LogP contribution is 2.23. The van der Waals surface area contributed by atoms with Crippen molar-refractivity contribution in [1.29, 1.82) is 0 Å². The summed E-state index contributed by atoms with van der Waals surface area (Å²) in [5.41, 5.74) is 2.29. The van der Waals surface area contributed by atoms with Crippen molar-refractivity contribution in [3.05, 3.63) is 35.4 Å². The molecule has 0 saturated carbocycles. The zero-order valence-electron chi connectivity index (χ0n) is 12.5. The van der Waals surface area contributed by atoms with Gasteiger partial charge in [-0.25, -0.2) is 8.42 Å². The molecule has 1 amide bonds. The predicted octanol–water partition coefficient (Wildman–Crippen LogP) is 0.766. The largest absolute Gasteiger partial charge is 0.332 e. The van der Waals surface area contributed by atoms with Crippen LogP contribution in [0.3, 0.4) is 0 Å². The van der Waals surface area contributed by atoms with Gasteiger partial charge < -0.3 is 10.2 Å². The van der Waals surface area contributed by atoms with Gasteiger partial charge in [0.1, 0.15) is 5.75 Å². The van der Waals surface area contributed by atoms with Gasteiger partial charge in [-0.05, 0) is 17.5 Å². The number of nitrogens with one attached hydrogen (secondary N) is 1. The number of piperazine rings is 1. The fourth-order valence-electron chi connectivity index (χ4n) is 2.58. The summed E-state index contributed by atoms with van der Waals surface area (Å²) in [5.74, 6) is -0.736. The summed E-state index contributed by atoms with van der Waals surface area (Å²) in [6.45, 7) is 3.98. The molecule has 0 spiro atoms. The van der Waals surface area contributed by atoms with Gasteiger partial charge in [-0.3, -0.25) is 4.79 Å². The van der Waals surface area contributed by atoms with E-state index in [4.69, 9.17) is 0 Å². The molecule has 1 heterocycles. The van der Waals surface area contributed by atoms with Crippen molar-refractivity contribution in [3.63, 3.8) is 0 Å². The zero-order valence-corrected chi connectivity index (χ0v) is 13.3. The van der Waals surface area contributed by atoms with Crippen LogP contribution in [-0.4, -0.2) is 50.9 Å². The lowest BCUT2D eigenvalue weighted by Crippen LogP contribution is -2.50. The van der Waals surface area contributed by atoms with Crippen LogP contribution >= 0.6 is 0 Å². The van der Waals surface area contributed by atoms with E-state index in [1.165, 1.54) is 5.56 Å². The second kappa shape index (κ2) is 6.58. The van der Waals surface area contributed by atoms with Gasteiger partial charge in [0.25, 0.3) is 0 Å². The van der Waals surface area contributed by atoms with E-state index >= 15 is 0 Å². The number of sulfone groups is 1. The van der Waals surface area contributed by atoms with Crippen LogP contribution in [0.1, 0.15) is 24.1 Å². The molecule has 1 fully saturated rings. The van der Waals surface area contributed by atoms with Crippen molar-refractivity contribution >= 4 is 15.7 Å². The molecule has 1 aromatic carbocycles. The molecule has 0 aliphatic carbocycles. The molecule has 1 unspecified atom stereocenters. The highest BCUT2D eigenvalue weighted by molar-refractivity contribution is 7.91. The molecule has 2 rings (SSSR count). The van der Waals surface area contributed by atoms with Crippen LogP contribution in [0.25, 0.3) is 0 Å². The molecule has 0 aromatic heterocycles. The van der Waals surface area contributed by atoms with Crippen LogP contribution in [0.4, 0.5) is 0 Å². The maximum Gasteiger partial charge on any atom is 0.238 e. The van der Waals surface area contributed by atoms with Crippen molar-refractivity contribution < 1.29 is 13.2 Å². The number of carbonyl (C=O) groups excluding carboxylic acids is 1. The van der Waals surface area contributed by atoms with E-state index in [0.717, 1.165) is 18.2 Å². The van der Waals surface area contributed by atoms with Gasteiger partial charge in [-0.2, -0.15) is 0 Å². The van der Waals surface area contributed by atoms with Crippen molar-refractivity contribution in [2.24, 2.45) is 0 Å².